The molecular formula is C62H57F9N6O8. The van der Waals surface area contributed by atoms with Gasteiger partial charge in [0.2, 0.25) is 6.29 Å². The van der Waals surface area contributed by atoms with Crippen LogP contribution in [0.25, 0.3) is 0 Å². The van der Waals surface area contributed by atoms with E-state index in [1.807, 2.05) is 93.6 Å². The third-order valence-corrected chi connectivity index (χ3v) is 16.4. The van der Waals surface area contributed by atoms with Gasteiger partial charge in [-0.1, -0.05) is 136 Å². The lowest BCUT2D eigenvalue weighted by Crippen LogP contribution is -2.35. The summed E-state index contributed by atoms with van der Waals surface area (Å²) in [6, 6.07) is 35.3. The van der Waals surface area contributed by atoms with Gasteiger partial charge in [0, 0.05) is 31.2 Å². The summed E-state index contributed by atoms with van der Waals surface area (Å²) in [7, 11) is 0. The van der Waals surface area contributed by atoms with Crippen LogP contribution in [0.2, 0.25) is 0 Å². The van der Waals surface area contributed by atoms with Gasteiger partial charge in [0.05, 0.1) is 11.1 Å². The molecule has 6 aliphatic rings. The van der Waals surface area contributed by atoms with Gasteiger partial charge in [0.25, 0.3) is 0 Å². The van der Waals surface area contributed by atoms with Crippen molar-refractivity contribution < 1.29 is 77.4 Å². The van der Waals surface area contributed by atoms with E-state index in [2.05, 4.69) is 30.7 Å². The molecule has 0 radical (unpaired) electrons. The quantitative estimate of drug-likeness (QED) is 0.0430. The number of halogens is 9. The molecule has 6 aromatic carbocycles. The molecule has 0 amide bonds. The highest BCUT2D eigenvalue weighted by atomic mass is 19.4. The summed E-state index contributed by atoms with van der Waals surface area (Å²) in [6.45, 7) is 6.22. The van der Waals surface area contributed by atoms with Crippen molar-refractivity contribution in [2.45, 2.75) is 144 Å². The van der Waals surface area contributed by atoms with Crippen molar-refractivity contribution in [2.24, 2.45) is 30.7 Å². The van der Waals surface area contributed by atoms with Gasteiger partial charge in [-0.2, -0.15) is 39.5 Å². The van der Waals surface area contributed by atoms with E-state index in [9.17, 15) is 0 Å². The minimum atomic E-state index is -5.11. The predicted octanol–water partition coefficient (Wildman–Crippen LogP) is 14.9. The number of rotatable bonds is 24. The second-order valence-electron chi connectivity index (χ2n) is 22.4. The smallest absolute Gasteiger partial charge is 0.442 e. The van der Waals surface area contributed by atoms with Gasteiger partial charge in [0.1, 0.15) is 11.5 Å². The average Bonchev–Trinajstić information content (AvgIpc) is 1.68. The normalized spacial score (nSPS) is 20.0. The summed E-state index contributed by atoms with van der Waals surface area (Å²) in [4.78, 5) is 0. The Labute approximate surface area is 482 Å². The Hall–Kier alpha value is -7.15. The third-order valence-electron chi connectivity index (χ3n) is 16.4. The molecule has 446 valence electrons. The van der Waals surface area contributed by atoms with Crippen LogP contribution in [0.1, 0.15) is 111 Å². The monoisotopic (exact) mass is 1180 g/mol. The molecule has 3 fully saturated rings. The number of alkyl halides is 9. The van der Waals surface area contributed by atoms with Crippen molar-refractivity contribution in [2.75, 3.05) is 20.4 Å². The minimum absolute atomic E-state index is 0.111. The summed E-state index contributed by atoms with van der Waals surface area (Å²) >= 11 is 0. The summed E-state index contributed by atoms with van der Waals surface area (Å²) in [5.41, 5.74) is -4.02. The number of ether oxygens (including phenoxy) is 8. The Morgan fingerprint density at radius 2 is 0.671 bits per heavy atom. The van der Waals surface area contributed by atoms with Crippen molar-refractivity contribution in [1.82, 2.24) is 0 Å². The SMILES string of the molecule is CC(Cc1ccc(CC2OCO2)cc1)c1ccc(C2(C(F)(F)F)N=N2)c(CC(Oc2cc(C(C)Cc3ccc(CC4OCO4)cc3)ccc2C2(C(F)(F)F)N=N2)Oc2cc(C(C)Cc3ccc(CC4OCO4)cc3)ccc2C2(C(F)(F)F)N=N2)c1. The van der Waals surface area contributed by atoms with Crippen LogP contribution < -0.4 is 9.47 Å². The standard InChI is InChI=1S/C62H57F9N6O8/c1-35(22-38-4-10-41(11-5-38)25-53-78-32-79-53)44-16-19-48(57(72-73-57)60(63,64)65)47(28-44)31-56(84-51-29-45(17-20-49(51)58(74-75-58)61(66,67)68)36(2)23-39-6-12-42(13-7-39)26-54-80-33-81-54)85-52-30-46(18-21-50(52)59(76-77-59)62(69,70)71)37(3)24-40-8-14-43(15-9-40)27-55-82-34-83-55/h4-21,28-30,35-37,53-56H,22-27,31-34H2,1-3H3. The maximum Gasteiger partial charge on any atom is 0.442 e. The first-order valence-corrected chi connectivity index (χ1v) is 27.8. The molecule has 6 heterocycles. The molecule has 0 aromatic heterocycles. The second-order valence-corrected chi connectivity index (χ2v) is 22.4. The Kier molecular flexibility index (Phi) is 15.5. The van der Waals surface area contributed by atoms with E-state index in [0.717, 1.165) is 33.4 Å². The largest absolute Gasteiger partial charge is 0.454 e. The van der Waals surface area contributed by atoms with E-state index in [4.69, 9.17) is 37.9 Å². The van der Waals surface area contributed by atoms with E-state index in [1.165, 1.54) is 54.6 Å². The summed E-state index contributed by atoms with van der Waals surface area (Å²) in [5.74, 6) is -2.13. The number of benzene rings is 6. The lowest BCUT2D eigenvalue weighted by Gasteiger charge is -2.29. The topological polar surface area (TPSA) is 148 Å². The molecule has 12 rings (SSSR count). The first-order chi connectivity index (χ1) is 40.6. The molecule has 0 aliphatic carbocycles. The summed E-state index contributed by atoms with van der Waals surface area (Å²) in [6.07, 6.45) is -16.2. The predicted molar refractivity (Wildman–Crippen MR) is 285 cm³/mol. The molecule has 0 N–H and O–H groups in total. The van der Waals surface area contributed by atoms with Crippen molar-refractivity contribution >= 4 is 0 Å². The molecule has 0 spiro atoms. The van der Waals surface area contributed by atoms with E-state index in [1.54, 1.807) is 0 Å². The highest BCUT2D eigenvalue weighted by Crippen LogP contribution is 2.58. The molecule has 6 aromatic rings. The van der Waals surface area contributed by atoms with Gasteiger partial charge in [-0.3, -0.25) is 0 Å². The lowest BCUT2D eigenvalue weighted by atomic mass is 9.87. The zero-order chi connectivity index (χ0) is 59.5. The maximum absolute atomic E-state index is 15.3. The number of hydrogen-bond acceptors (Lipinski definition) is 14. The molecule has 3 atom stereocenters. The Morgan fingerprint density at radius 1 is 0.388 bits per heavy atom. The fraction of sp³-hybridized carbons (Fsp3) is 0.419. The lowest BCUT2D eigenvalue weighted by molar-refractivity contribution is -0.319. The van der Waals surface area contributed by atoms with E-state index in [0.29, 0.717) is 55.2 Å². The molecule has 0 bridgehead atoms. The summed E-state index contributed by atoms with van der Waals surface area (Å²) in [5, 5.41) is 20.9. The molecule has 23 heteroatoms. The third kappa shape index (κ3) is 12.2. The minimum Gasteiger partial charge on any atom is -0.454 e. The van der Waals surface area contributed by atoms with Crippen molar-refractivity contribution in [3.8, 4) is 11.5 Å². The van der Waals surface area contributed by atoms with Crippen LogP contribution in [0.4, 0.5) is 39.5 Å². The fourth-order valence-corrected chi connectivity index (χ4v) is 11.0. The molecular weight excluding hydrogens is 1130 g/mol. The summed E-state index contributed by atoms with van der Waals surface area (Å²) < 4.78 is 183. The van der Waals surface area contributed by atoms with E-state index in [-0.39, 0.29) is 50.7 Å². The Morgan fingerprint density at radius 3 is 0.953 bits per heavy atom. The molecule has 3 saturated heterocycles. The second kappa shape index (κ2) is 22.6. The van der Waals surface area contributed by atoms with Crippen molar-refractivity contribution in [3.05, 3.63) is 200 Å². The van der Waals surface area contributed by atoms with Crippen LogP contribution in [0.3, 0.4) is 0 Å². The fourth-order valence-electron chi connectivity index (χ4n) is 11.0. The van der Waals surface area contributed by atoms with Crippen molar-refractivity contribution in [3.63, 3.8) is 0 Å². The highest BCUT2D eigenvalue weighted by Gasteiger charge is 2.68. The van der Waals surface area contributed by atoms with Crippen LogP contribution in [-0.4, -0.2) is 64.1 Å². The zero-order valence-electron chi connectivity index (χ0n) is 46.1. The van der Waals surface area contributed by atoms with Gasteiger partial charge < -0.3 is 37.9 Å². The number of nitrogens with zero attached hydrogens (tertiary/aromatic N) is 6. The van der Waals surface area contributed by atoms with Crippen LogP contribution in [0.5, 0.6) is 11.5 Å². The highest BCUT2D eigenvalue weighted by molar-refractivity contribution is 5.49. The first-order valence-electron chi connectivity index (χ1n) is 27.8. The molecule has 6 aliphatic heterocycles. The van der Waals surface area contributed by atoms with Gasteiger partial charge in [0.15, 0.2) is 39.2 Å². The Balaban J connectivity index is 0.933. The zero-order valence-corrected chi connectivity index (χ0v) is 46.1. The molecule has 14 nitrogen and oxygen atoms in total. The van der Waals surface area contributed by atoms with Crippen LogP contribution in [0.15, 0.2) is 158 Å². The molecule has 85 heavy (non-hydrogen) atoms. The van der Waals surface area contributed by atoms with E-state index >= 15 is 39.5 Å². The molecule has 0 saturated carbocycles. The van der Waals surface area contributed by atoms with Gasteiger partial charge >= 0.3 is 35.5 Å². The van der Waals surface area contributed by atoms with Crippen LogP contribution in [-0.2, 0) is 90.4 Å². The molecule has 3 unspecified atom stereocenters. The maximum atomic E-state index is 15.3. The average molecular weight is 1190 g/mol. The van der Waals surface area contributed by atoms with Crippen molar-refractivity contribution in [1.29, 1.82) is 0 Å². The van der Waals surface area contributed by atoms with Crippen LogP contribution >= 0.6 is 0 Å². The van der Waals surface area contributed by atoms with Gasteiger partial charge in [-0.05, 0) is 105 Å². The van der Waals surface area contributed by atoms with Gasteiger partial charge in [-0.15, -0.1) is 30.7 Å². The van der Waals surface area contributed by atoms with Crippen LogP contribution in [0, 0.1) is 0 Å². The van der Waals surface area contributed by atoms with Gasteiger partial charge in [-0.25, -0.2) is 0 Å². The van der Waals surface area contributed by atoms with E-state index < -0.39 is 88.3 Å². The Bertz CT molecular complexity index is 3110. The first kappa shape index (κ1) is 58.2. The number of hydrogen-bond donors (Lipinski definition) is 0.